The van der Waals surface area contributed by atoms with Crippen LogP contribution in [0.25, 0.3) is 0 Å². The molecule has 0 aliphatic rings. The molecule has 25 heavy (non-hydrogen) atoms. The molecule has 3 rings (SSSR count). The highest BCUT2D eigenvalue weighted by molar-refractivity contribution is 6.31. The first-order chi connectivity index (χ1) is 12.2. The SMILES string of the molecule is COc1cc(CNc2ncn[nH]2)c(Cl)cc1OCc1ccccc1C. The van der Waals surface area contributed by atoms with E-state index in [1.54, 1.807) is 13.2 Å². The molecule has 0 atom stereocenters. The number of hydrogen-bond acceptors (Lipinski definition) is 5. The lowest BCUT2D eigenvalue weighted by molar-refractivity contribution is 0.284. The summed E-state index contributed by atoms with van der Waals surface area (Å²) in [5.41, 5.74) is 3.18. The van der Waals surface area contributed by atoms with E-state index in [1.807, 2.05) is 24.3 Å². The van der Waals surface area contributed by atoms with Crippen LogP contribution in [0.5, 0.6) is 11.5 Å². The predicted octanol–water partition coefficient (Wildman–Crippen LogP) is 3.97. The highest BCUT2D eigenvalue weighted by Crippen LogP contribution is 2.34. The highest BCUT2D eigenvalue weighted by atomic mass is 35.5. The van der Waals surface area contributed by atoms with E-state index in [-0.39, 0.29) is 0 Å². The second-order valence-corrected chi connectivity index (χ2v) is 5.90. The van der Waals surface area contributed by atoms with E-state index in [0.717, 1.165) is 11.1 Å². The van der Waals surface area contributed by atoms with Gasteiger partial charge in [-0.25, -0.2) is 10.1 Å². The monoisotopic (exact) mass is 358 g/mol. The second-order valence-electron chi connectivity index (χ2n) is 5.50. The summed E-state index contributed by atoms with van der Waals surface area (Å²) >= 11 is 6.39. The van der Waals surface area contributed by atoms with Gasteiger partial charge in [0.05, 0.1) is 7.11 Å². The van der Waals surface area contributed by atoms with Gasteiger partial charge in [-0.15, -0.1) is 0 Å². The minimum atomic E-state index is 0.453. The molecule has 0 unspecified atom stereocenters. The summed E-state index contributed by atoms with van der Waals surface area (Å²) in [6, 6.07) is 11.7. The van der Waals surface area contributed by atoms with Gasteiger partial charge in [-0.2, -0.15) is 5.10 Å². The van der Waals surface area contributed by atoms with Gasteiger partial charge < -0.3 is 14.8 Å². The zero-order chi connectivity index (χ0) is 17.6. The van der Waals surface area contributed by atoms with E-state index in [0.29, 0.717) is 35.6 Å². The largest absolute Gasteiger partial charge is 0.493 e. The molecule has 1 aromatic heterocycles. The van der Waals surface area contributed by atoms with Crippen molar-refractivity contribution in [1.29, 1.82) is 0 Å². The van der Waals surface area contributed by atoms with Crippen molar-refractivity contribution in [2.75, 3.05) is 12.4 Å². The van der Waals surface area contributed by atoms with E-state index >= 15 is 0 Å². The molecule has 2 aromatic carbocycles. The molecule has 6 nitrogen and oxygen atoms in total. The number of methoxy groups -OCH3 is 1. The Bertz CT molecular complexity index is 837. The molecule has 0 radical (unpaired) electrons. The minimum absolute atomic E-state index is 0.453. The first-order valence-corrected chi connectivity index (χ1v) is 8.18. The maximum Gasteiger partial charge on any atom is 0.218 e. The Labute approximate surface area is 151 Å². The van der Waals surface area contributed by atoms with Crippen molar-refractivity contribution in [1.82, 2.24) is 15.2 Å². The predicted molar refractivity (Wildman–Crippen MR) is 97.2 cm³/mol. The normalized spacial score (nSPS) is 10.5. The molecule has 0 amide bonds. The van der Waals surface area contributed by atoms with Crippen LogP contribution in [0.15, 0.2) is 42.7 Å². The van der Waals surface area contributed by atoms with Gasteiger partial charge in [0.15, 0.2) is 11.5 Å². The number of hydrogen-bond donors (Lipinski definition) is 2. The lowest BCUT2D eigenvalue weighted by atomic mass is 10.1. The van der Waals surface area contributed by atoms with Gasteiger partial charge in [0, 0.05) is 17.6 Å². The summed E-state index contributed by atoms with van der Waals surface area (Å²) in [5, 5.41) is 10.2. The fourth-order valence-electron chi connectivity index (χ4n) is 2.38. The third-order valence-corrected chi connectivity index (χ3v) is 4.19. The van der Waals surface area contributed by atoms with Crippen LogP contribution in [-0.2, 0) is 13.2 Å². The lowest BCUT2D eigenvalue weighted by Gasteiger charge is -2.15. The van der Waals surface area contributed by atoms with Crippen LogP contribution in [0.2, 0.25) is 5.02 Å². The Morgan fingerprint density at radius 2 is 2.00 bits per heavy atom. The molecule has 0 bridgehead atoms. The Morgan fingerprint density at radius 3 is 2.72 bits per heavy atom. The van der Waals surface area contributed by atoms with Crippen LogP contribution < -0.4 is 14.8 Å². The summed E-state index contributed by atoms with van der Waals surface area (Å²) < 4.78 is 11.4. The van der Waals surface area contributed by atoms with Gasteiger partial charge in [0.1, 0.15) is 12.9 Å². The van der Waals surface area contributed by atoms with Crippen LogP contribution in [0.4, 0.5) is 5.95 Å². The molecule has 0 saturated carbocycles. The minimum Gasteiger partial charge on any atom is -0.493 e. The second kappa shape index (κ2) is 7.90. The average molecular weight is 359 g/mol. The molecule has 0 spiro atoms. The number of aryl methyl sites for hydroxylation is 1. The summed E-state index contributed by atoms with van der Waals surface area (Å²) in [6.45, 7) is 3.00. The quantitative estimate of drug-likeness (QED) is 0.668. The fraction of sp³-hybridized carbons (Fsp3) is 0.222. The van der Waals surface area contributed by atoms with E-state index < -0.39 is 0 Å². The van der Waals surface area contributed by atoms with Crippen molar-refractivity contribution in [2.45, 2.75) is 20.1 Å². The smallest absolute Gasteiger partial charge is 0.218 e. The molecule has 7 heteroatoms. The third kappa shape index (κ3) is 4.22. The number of anilines is 1. The van der Waals surface area contributed by atoms with Gasteiger partial charge in [0.25, 0.3) is 0 Å². The van der Waals surface area contributed by atoms with Crippen molar-refractivity contribution in [3.63, 3.8) is 0 Å². The summed E-state index contributed by atoms with van der Waals surface area (Å²) in [5.74, 6) is 1.82. The topological polar surface area (TPSA) is 72.1 Å². The van der Waals surface area contributed by atoms with Gasteiger partial charge >= 0.3 is 0 Å². The Hall–Kier alpha value is -2.73. The molecule has 0 saturated heterocycles. The molecular weight excluding hydrogens is 340 g/mol. The van der Waals surface area contributed by atoms with Gasteiger partial charge in [-0.1, -0.05) is 35.9 Å². The third-order valence-electron chi connectivity index (χ3n) is 3.84. The molecule has 1 heterocycles. The maximum atomic E-state index is 6.39. The number of rotatable bonds is 7. The zero-order valence-corrected chi connectivity index (χ0v) is 14.8. The Kier molecular flexibility index (Phi) is 5.40. The molecule has 3 aromatic rings. The molecule has 0 aliphatic heterocycles. The van der Waals surface area contributed by atoms with Crippen molar-refractivity contribution in [3.05, 3.63) is 64.4 Å². The fourth-order valence-corrected chi connectivity index (χ4v) is 2.60. The summed E-state index contributed by atoms with van der Waals surface area (Å²) in [7, 11) is 1.61. The van der Waals surface area contributed by atoms with E-state index in [4.69, 9.17) is 21.1 Å². The van der Waals surface area contributed by atoms with Crippen LogP contribution in [0.3, 0.4) is 0 Å². The zero-order valence-electron chi connectivity index (χ0n) is 14.0. The number of nitrogens with one attached hydrogen (secondary N) is 2. The first kappa shape index (κ1) is 17.1. The molecule has 2 N–H and O–H groups in total. The molecule has 0 aliphatic carbocycles. The Morgan fingerprint density at radius 1 is 1.16 bits per heavy atom. The van der Waals surface area contributed by atoms with Crippen molar-refractivity contribution in [3.8, 4) is 11.5 Å². The van der Waals surface area contributed by atoms with Gasteiger partial charge in [-0.3, -0.25) is 0 Å². The standard InChI is InChI=1S/C18H19ClN4O2/c1-12-5-3-4-6-13(12)10-25-17-8-15(19)14(7-16(17)24-2)9-20-18-21-11-22-23-18/h3-8,11H,9-10H2,1-2H3,(H2,20,21,22,23). The van der Waals surface area contributed by atoms with Crippen molar-refractivity contribution >= 4 is 17.5 Å². The number of H-pyrrole nitrogens is 1. The van der Waals surface area contributed by atoms with Gasteiger partial charge in [0.2, 0.25) is 5.95 Å². The number of aromatic nitrogens is 3. The maximum absolute atomic E-state index is 6.39. The van der Waals surface area contributed by atoms with Crippen LogP contribution in [0.1, 0.15) is 16.7 Å². The van der Waals surface area contributed by atoms with Gasteiger partial charge in [-0.05, 0) is 29.7 Å². The molecule has 130 valence electrons. The van der Waals surface area contributed by atoms with E-state index in [1.165, 1.54) is 11.9 Å². The number of aromatic amines is 1. The van der Waals surface area contributed by atoms with E-state index in [9.17, 15) is 0 Å². The number of ether oxygens (including phenoxy) is 2. The molecular formula is C18H19ClN4O2. The number of nitrogens with zero attached hydrogens (tertiary/aromatic N) is 2. The van der Waals surface area contributed by atoms with Crippen molar-refractivity contribution in [2.24, 2.45) is 0 Å². The number of benzene rings is 2. The van der Waals surface area contributed by atoms with Crippen LogP contribution in [0, 0.1) is 6.92 Å². The number of halogens is 1. The van der Waals surface area contributed by atoms with Crippen LogP contribution >= 0.6 is 11.6 Å². The first-order valence-electron chi connectivity index (χ1n) is 7.80. The highest BCUT2D eigenvalue weighted by Gasteiger charge is 2.12. The Balaban J connectivity index is 1.73. The van der Waals surface area contributed by atoms with Crippen molar-refractivity contribution < 1.29 is 9.47 Å². The lowest BCUT2D eigenvalue weighted by Crippen LogP contribution is -2.04. The average Bonchev–Trinajstić information content (AvgIpc) is 3.13. The van der Waals surface area contributed by atoms with Crippen LogP contribution in [-0.4, -0.2) is 22.3 Å². The summed E-state index contributed by atoms with van der Waals surface area (Å²) in [6.07, 6.45) is 1.44. The van der Waals surface area contributed by atoms with E-state index in [2.05, 4.69) is 33.5 Å². The molecule has 0 fully saturated rings. The summed E-state index contributed by atoms with van der Waals surface area (Å²) in [4.78, 5) is 4.02.